The highest BCUT2D eigenvalue weighted by molar-refractivity contribution is 5.90. The van der Waals surface area contributed by atoms with Crippen LogP contribution in [0, 0.1) is 5.41 Å². The molecule has 0 saturated carbocycles. The molecule has 4 nitrogen and oxygen atoms in total. The number of aliphatic imine (C=N–C) groups is 1. The molecule has 0 saturated heterocycles. The molecule has 0 aromatic carbocycles. The van der Waals surface area contributed by atoms with Crippen LogP contribution in [0.25, 0.3) is 0 Å². The monoisotopic (exact) mass is 213 g/mol. The summed E-state index contributed by atoms with van der Waals surface area (Å²) in [6.45, 7) is 8.06. The summed E-state index contributed by atoms with van der Waals surface area (Å²) in [7, 11) is 1.64. The van der Waals surface area contributed by atoms with Gasteiger partial charge in [0.2, 0.25) is 5.91 Å². The average molecular weight is 213 g/mol. The molecule has 0 spiro atoms. The van der Waals surface area contributed by atoms with Crippen LogP contribution in [0.4, 0.5) is 0 Å². The van der Waals surface area contributed by atoms with E-state index in [0.29, 0.717) is 12.3 Å². The van der Waals surface area contributed by atoms with Crippen molar-refractivity contribution in [2.45, 2.75) is 46.6 Å². The van der Waals surface area contributed by atoms with E-state index in [0.717, 1.165) is 6.42 Å². The zero-order valence-corrected chi connectivity index (χ0v) is 10.4. The maximum absolute atomic E-state index is 11.5. The van der Waals surface area contributed by atoms with Gasteiger partial charge in [0, 0.05) is 13.5 Å². The molecule has 0 rings (SSSR count). The molecule has 1 atom stereocenters. The lowest BCUT2D eigenvalue weighted by Crippen LogP contribution is -2.52. The zero-order chi connectivity index (χ0) is 12.1. The molecule has 0 bridgehead atoms. The van der Waals surface area contributed by atoms with Gasteiger partial charge < -0.3 is 11.1 Å². The lowest BCUT2D eigenvalue weighted by Gasteiger charge is -2.30. The molecule has 4 heteroatoms. The molecule has 0 aliphatic rings. The van der Waals surface area contributed by atoms with Gasteiger partial charge in [0.25, 0.3) is 0 Å². The molecule has 1 amide bonds. The highest BCUT2D eigenvalue weighted by Gasteiger charge is 2.28. The first kappa shape index (κ1) is 13.9. The van der Waals surface area contributed by atoms with Gasteiger partial charge >= 0.3 is 0 Å². The van der Waals surface area contributed by atoms with Crippen LogP contribution < -0.4 is 11.1 Å². The Bertz CT molecular complexity index is 241. The van der Waals surface area contributed by atoms with E-state index in [1.54, 1.807) is 7.05 Å². The van der Waals surface area contributed by atoms with Gasteiger partial charge in [-0.15, -0.1) is 0 Å². The van der Waals surface area contributed by atoms with Gasteiger partial charge in [-0.05, 0) is 11.8 Å². The smallest absolute Gasteiger partial charge is 0.220 e. The van der Waals surface area contributed by atoms with Crippen LogP contribution in [0.15, 0.2) is 4.99 Å². The minimum absolute atomic E-state index is 0.0315. The second kappa shape index (κ2) is 5.73. The second-order valence-electron chi connectivity index (χ2n) is 4.77. The van der Waals surface area contributed by atoms with Gasteiger partial charge in [-0.1, -0.05) is 27.7 Å². The number of carbonyl (C=O) groups is 1. The molecule has 15 heavy (non-hydrogen) atoms. The van der Waals surface area contributed by atoms with Gasteiger partial charge in [0.05, 0.1) is 6.04 Å². The van der Waals surface area contributed by atoms with Crippen LogP contribution >= 0.6 is 0 Å². The summed E-state index contributed by atoms with van der Waals surface area (Å²) in [5.74, 6) is 0.510. The van der Waals surface area contributed by atoms with Crippen molar-refractivity contribution in [3.63, 3.8) is 0 Å². The van der Waals surface area contributed by atoms with Crippen LogP contribution in [0.5, 0.6) is 0 Å². The fourth-order valence-corrected chi connectivity index (χ4v) is 1.32. The minimum atomic E-state index is -0.193. The highest BCUT2D eigenvalue weighted by atomic mass is 16.1. The van der Waals surface area contributed by atoms with E-state index in [1.165, 1.54) is 0 Å². The molecule has 0 radical (unpaired) electrons. The lowest BCUT2D eigenvalue weighted by atomic mass is 9.86. The molecular formula is C11H23N3O. The first-order valence-electron chi connectivity index (χ1n) is 5.34. The number of rotatable bonds is 4. The van der Waals surface area contributed by atoms with Gasteiger partial charge in [-0.3, -0.25) is 9.79 Å². The Labute approximate surface area is 92.3 Å². The van der Waals surface area contributed by atoms with E-state index in [9.17, 15) is 4.79 Å². The largest absolute Gasteiger partial charge is 0.386 e. The summed E-state index contributed by atoms with van der Waals surface area (Å²) in [5, 5.41) is 2.91. The molecule has 0 aliphatic carbocycles. The Morgan fingerprint density at radius 2 is 2.00 bits per heavy atom. The standard InChI is InChI=1S/C11H23N3O/c1-6-7-8(15)14-9(10(12)13-5)11(2,3)4/h9H,6-7H2,1-5H3,(H2,12,13)(H,14,15). The Kier molecular flexibility index (Phi) is 5.33. The van der Waals surface area contributed by atoms with Crippen molar-refractivity contribution in [3.05, 3.63) is 0 Å². The van der Waals surface area contributed by atoms with Crippen LogP contribution in [-0.2, 0) is 4.79 Å². The Balaban J connectivity index is 4.61. The second-order valence-corrected chi connectivity index (χ2v) is 4.77. The predicted octanol–water partition coefficient (Wildman–Crippen LogP) is 1.30. The predicted molar refractivity (Wildman–Crippen MR) is 63.8 cm³/mol. The van der Waals surface area contributed by atoms with Crippen LogP contribution in [0.3, 0.4) is 0 Å². The first-order valence-corrected chi connectivity index (χ1v) is 5.34. The molecule has 0 aromatic heterocycles. The van der Waals surface area contributed by atoms with E-state index >= 15 is 0 Å². The third-order valence-corrected chi connectivity index (χ3v) is 2.20. The Morgan fingerprint density at radius 3 is 2.33 bits per heavy atom. The zero-order valence-electron chi connectivity index (χ0n) is 10.4. The van der Waals surface area contributed by atoms with E-state index < -0.39 is 0 Å². The van der Waals surface area contributed by atoms with E-state index in [-0.39, 0.29) is 17.4 Å². The number of hydrogen-bond acceptors (Lipinski definition) is 2. The maximum Gasteiger partial charge on any atom is 0.220 e. The quantitative estimate of drug-likeness (QED) is 0.546. The van der Waals surface area contributed by atoms with Crippen LogP contribution in [0.1, 0.15) is 40.5 Å². The topological polar surface area (TPSA) is 67.5 Å². The SMILES string of the molecule is CCCC(=O)NC(C(N)=NC)C(C)(C)C. The summed E-state index contributed by atoms with van der Waals surface area (Å²) in [6.07, 6.45) is 1.37. The normalized spacial score (nSPS) is 14.9. The minimum Gasteiger partial charge on any atom is -0.386 e. The lowest BCUT2D eigenvalue weighted by molar-refractivity contribution is -0.122. The maximum atomic E-state index is 11.5. The Morgan fingerprint density at radius 1 is 1.47 bits per heavy atom. The van der Waals surface area contributed by atoms with Gasteiger partial charge in [-0.25, -0.2) is 0 Å². The summed E-state index contributed by atoms with van der Waals surface area (Å²) in [6, 6.07) is -0.193. The van der Waals surface area contributed by atoms with Gasteiger partial charge in [0.1, 0.15) is 5.84 Å². The molecule has 0 heterocycles. The number of amides is 1. The number of nitrogens with one attached hydrogen (secondary N) is 1. The number of nitrogens with zero attached hydrogens (tertiary/aromatic N) is 1. The van der Waals surface area contributed by atoms with E-state index in [1.807, 2.05) is 27.7 Å². The van der Waals surface area contributed by atoms with Crippen molar-refractivity contribution < 1.29 is 4.79 Å². The highest BCUT2D eigenvalue weighted by Crippen LogP contribution is 2.19. The summed E-state index contributed by atoms with van der Waals surface area (Å²) in [5.41, 5.74) is 5.67. The van der Waals surface area contributed by atoms with Gasteiger partial charge in [-0.2, -0.15) is 0 Å². The fourth-order valence-electron chi connectivity index (χ4n) is 1.32. The number of hydrogen-bond donors (Lipinski definition) is 2. The molecule has 3 N–H and O–H groups in total. The molecule has 0 aromatic rings. The van der Waals surface area contributed by atoms with Crippen molar-refractivity contribution >= 4 is 11.7 Å². The van der Waals surface area contributed by atoms with Crippen molar-refractivity contribution in [1.82, 2.24) is 5.32 Å². The third-order valence-electron chi connectivity index (χ3n) is 2.20. The molecule has 0 fully saturated rings. The van der Waals surface area contributed by atoms with Crippen molar-refractivity contribution in [2.75, 3.05) is 7.05 Å². The van der Waals surface area contributed by atoms with Crippen molar-refractivity contribution in [2.24, 2.45) is 16.1 Å². The van der Waals surface area contributed by atoms with Crippen molar-refractivity contribution in [3.8, 4) is 0 Å². The fraction of sp³-hybridized carbons (Fsp3) is 0.818. The van der Waals surface area contributed by atoms with Gasteiger partial charge in [0.15, 0.2) is 0 Å². The van der Waals surface area contributed by atoms with Crippen molar-refractivity contribution in [1.29, 1.82) is 0 Å². The summed E-state index contributed by atoms with van der Waals surface area (Å²) in [4.78, 5) is 15.4. The van der Waals surface area contributed by atoms with Crippen LogP contribution in [-0.4, -0.2) is 24.8 Å². The van der Waals surface area contributed by atoms with E-state index in [2.05, 4.69) is 10.3 Å². The summed E-state index contributed by atoms with van der Waals surface area (Å²) < 4.78 is 0. The molecule has 1 unspecified atom stereocenters. The first-order chi connectivity index (χ1) is 6.82. The third kappa shape index (κ3) is 4.81. The van der Waals surface area contributed by atoms with E-state index in [4.69, 9.17) is 5.73 Å². The number of nitrogens with two attached hydrogens (primary N) is 1. The summed E-state index contributed by atoms with van der Waals surface area (Å²) >= 11 is 0. The average Bonchev–Trinajstić information content (AvgIpc) is 2.12. The Hall–Kier alpha value is -1.06. The molecular weight excluding hydrogens is 190 g/mol. The van der Waals surface area contributed by atoms with Crippen LogP contribution in [0.2, 0.25) is 0 Å². The number of carbonyl (C=O) groups excluding carboxylic acids is 1. The number of amidine groups is 1. The molecule has 0 aliphatic heterocycles. The molecule has 88 valence electrons.